The molecule has 1 heterocycles. The third-order valence-corrected chi connectivity index (χ3v) is 1.44. The van der Waals surface area contributed by atoms with Crippen LogP contribution < -0.4 is 9.51 Å². The van der Waals surface area contributed by atoms with Crippen molar-refractivity contribution in [2.24, 2.45) is 0 Å². The Morgan fingerprint density at radius 2 is 1.57 bits per heavy atom. The van der Waals surface area contributed by atoms with E-state index >= 15 is 0 Å². The smallest absolute Gasteiger partial charge is 0.354 e. The van der Waals surface area contributed by atoms with Gasteiger partial charge < -0.3 is 4.42 Å². The number of nitrogens with zero attached hydrogens (tertiary/aromatic N) is 2. The fourth-order valence-electron chi connectivity index (χ4n) is 0.395. The Bertz CT molecular complexity index is 146. The monoisotopic (exact) mass is 126 g/mol. The van der Waals surface area contributed by atoms with Gasteiger partial charge in [-0.05, 0) is 0 Å². The minimum atomic E-state index is 0.796. The molecule has 1 rings (SSSR count). The summed E-state index contributed by atoms with van der Waals surface area (Å²) in [5, 5.41) is 7.39. The molecule has 0 saturated heterocycles. The number of rotatable bonds is 0. The van der Waals surface area contributed by atoms with Crippen LogP contribution in [0.4, 0.5) is 0 Å². The lowest BCUT2D eigenvalue weighted by Crippen LogP contribution is -2.03. The molecule has 0 aliphatic carbocycles. The number of hydrogen-bond acceptors (Lipinski definition) is 3. The molecule has 0 aromatic carbocycles. The van der Waals surface area contributed by atoms with Crippen molar-refractivity contribution in [3.63, 3.8) is 0 Å². The average molecular weight is 126 g/mol. The molecule has 0 saturated carbocycles. The molecule has 0 fully saturated rings. The second-order valence-electron chi connectivity index (χ2n) is 1.34. The summed E-state index contributed by atoms with van der Waals surface area (Å²) in [5.74, 6) is 0. The van der Waals surface area contributed by atoms with Gasteiger partial charge in [-0.25, -0.2) is 0 Å². The summed E-state index contributed by atoms with van der Waals surface area (Å²) in [5.41, 5.74) is 0. The Balaban J connectivity index is 3.04. The lowest BCUT2D eigenvalue weighted by Gasteiger charge is -1.72. The van der Waals surface area contributed by atoms with E-state index in [9.17, 15) is 0 Å². The van der Waals surface area contributed by atoms with Gasteiger partial charge in [0.2, 0.25) is 0 Å². The summed E-state index contributed by atoms with van der Waals surface area (Å²) in [6, 6.07) is 0. The van der Waals surface area contributed by atoms with Gasteiger partial charge in [0.05, 0.1) is 0 Å². The van der Waals surface area contributed by atoms with E-state index in [4.69, 9.17) is 4.42 Å². The zero-order valence-corrected chi connectivity index (χ0v) is 8.30. The molecule has 0 amide bonds. The van der Waals surface area contributed by atoms with E-state index in [2.05, 4.69) is 10.2 Å². The summed E-state index contributed by atoms with van der Waals surface area (Å²) >= 11 is 1.75. The Labute approximate surface area is 57.0 Å². The van der Waals surface area contributed by atoms with E-state index in [0.29, 0.717) is 0 Å². The molecule has 5 heteroatoms. The molecule has 0 N–H and O–H groups in total. The number of aromatic nitrogens is 2. The molecule has 0 atom stereocenters. The van der Waals surface area contributed by atoms with E-state index in [0.717, 1.165) is 42.1 Å². The van der Waals surface area contributed by atoms with Crippen LogP contribution in [0.25, 0.3) is 0 Å². The van der Waals surface area contributed by atoms with Crippen LogP contribution in [-0.4, -0.2) is 42.8 Å². The molecule has 3 nitrogen and oxygen atoms in total. The summed E-state index contributed by atoms with van der Waals surface area (Å²) in [7, 11) is 0. The van der Waals surface area contributed by atoms with Crippen molar-refractivity contribution in [3.05, 3.63) is 0 Å². The maximum atomic E-state index is 4.98. The second-order valence-corrected chi connectivity index (χ2v) is 3.05. The first-order chi connectivity index (χ1) is 3.29. The van der Waals surface area contributed by atoms with Crippen LogP contribution in [0.2, 0.25) is 0 Å². The fourth-order valence-corrected chi connectivity index (χ4v) is 1.59. The standard InChI is InChI=1S/C2N2O.2Al.4H/c1-3-4-2-5-1;;;;;;. The van der Waals surface area contributed by atoms with Gasteiger partial charge in [-0.15, -0.1) is 10.2 Å². The molecule has 1 aromatic heterocycles. The average Bonchev–Trinajstić information content (AvgIpc) is 1.87. The highest BCUT2D eigenvalue weighted by molar-refractivity contribution is 6.31. The molecule has 0 aliphatic heterocycles. The van der Waals surface area contributed by atoms with Crippen molar-refractivity contribution in [2.75, 3.05) is 0 Å². The third kappa shape index (κ3) is 1.29. The predicted molar refractivity (Wildman–Crippen MR) is 30.7 cm³/mol. The van der Waals surface area contributed by atoms with Crippen LogP contribution in [0.3, 0.4) is 0 Å². The third-order valence-electron chi connectivity index (χ3n) is 0.627. The van der Waals surface area contributed by atoms with Crippen molar-refractivity contribution < 1.29 is 4.42 Å². The van der Waals surface area contributed by atoms with Gasteiger partial charge in [0.1, 0.15) is 9.51 Å². The van der Waals surface area contributed by atoms with Crippen molar-refractivity contribution >= 4 is 42.1 Å². The predicted octanol–water partition coefficient (Wildman–Crippen LogP) is -3.41. The lowest BCUT2D eigenvalue weighted by molar-refractivity contribution is 0.627. The Kier molecular flexibility index (Phi) is 1.51. The molecule has 0 spiro atoms. The maximum Gasteiger partial charge on any atom is 0.354 e. The molecule has 1 aromatic rings. The minimum Gasteiger partial charge on any atom is -0.466 e. The zero-order valence-electron chi connectivity index (χ0n) is 4.30. The highest BCUT2D eigenvalue weighted by atomic mass is 27.1. The van der Waals surface area contributed by atoms with Crippen molar-refractivity contribution in [1.82, 2.24) is 10.2 Å². The van der Waals surface area contributed by atoms with Gasteiger partial charge in [0.25, 0.3) is 0 Å². The summed E-state index contributed by atoms with van der Waals surface area (Å²) < 4.78 is 6.58. The van der Waals surface area contributed by atoms with Gasteiger partial charge in [0.15, 0.2) is 0 Å². The van der Waals surface area contributed by atoms with Crippen LogP contribution in [0.5, 0.6) is 0 Å². The van der Waals surface area contributed by atoms with Crippen molar-refractivity contribution in [1.29, 1.82) is 0 Å². The Morgan fingerprint density at radius 1 is 1.14 bits per heavy atom. The molecule has 7 heavy (non-hydrogen) atoms. The van der Waals surface area contributed by atoms with Gasteiger partial charge >= 0.3 is 32.6 Å². The minimum absolute atomic E-state index is 0.796. The summed E-state index contributed by atoms with van der Waals surface area (Å²) in [6.45, 7) is 0. The van der Waals surface area contributed by atoms with Crippen LogP contribution in [0, 0.1) is 0 Å². The largest absolute Gasteiger partial charge is 0.466 e. The first-order valence-corrected chi connectivity index (χ1v) is 4.06. The Hall–Kier alpha value is 0.205. The quantitative estimate of drug-likeness (QED) is 0.340. The molecular formula is C2H4Al2N2O. The van der Waals surface area contributed by atoms with Crippen LogP contribution in [0.1, 0.15) is 0 Å². The first-order valence-electron chi connectivity index (χ1n) is 2.06. The van der Waals surface area contributed by atoms with Gasteiger partial charge in [0, 0.05) is 0 Å². The van der Waals surface area contributed by atoms with Crippen molar-refractivity contribution in [3.8, 4) is 0 Å². The van der Waals surface area contributed by atoms with Gasteiger partial charge in [-0.1, -0.05) is 0 Å². The second kappa shape index (κ2) is 1.98. The zero-order chi connectivity index (χ0) is 5.28. The molecule has 0 radical (unpaired) electrons. The van der Waals surface area contributed by atoms with Gasteiger partial charge in [-0.2, -0.15) is 0 Å². The Morgan fingerprint density at radius 3 is 1.71 bits per heavy atom. The SMILES string of the molecule is [AlH2][c]1nn[c]([AlH2])o1. The van der Waals surface area contributed by atoms with E-state index in [1.54, 1.807) is 0 Å². The van der Waals surface area contributed by atoms with E-state index in [1.165, 1.54) is 0 Å². The molecule has 34 valence electrons. The topological polar surface area (TPSA) is 38.9 Å². The molecule has 0 unspecified atom stereocenters. The summed E-state index contributed by atoms with van der Waals surface area (Å²) in [4.78, 5) is 0. The first kappa shape index (κ1) is 5.34. The molecular weight excluding hydrogens is 122 g/mol. The number of hydrogen-bond donors (Lipinski definition) is 0. The summed E-state index contributed by atoms with van der Waals surface area (Å²) in [6.07, 6.45) is 0. The normalized spacial score (nSPS) is 9.14. The fraction of sp³-hybridized carbons (Fsp3) is 0. The van der Waals surface area contributed by atoms with E-state index < -0.39 is 0 Å². The van der Waals surface area contributed by atoms with Crippen molar-refractivity contribution in [2.45, 2.75) is 0 Å². The van der Waals surface area contributed by atoms with E-state index in [1.807, 2.05) is 0 Å². The molecule has 0 bridgehead atoms. The van der Waals surface area contributed by atoms with E-state index in [-0.39, 0.29) is 0 Å². The van der Waals surface area contributed by atoms with Gasteiger partial charge in [-0.3, -0.25) is 0 Å². The maximum absolute atomic E-state index is 4.98. The van der Waals surface area contributed by atoms with Crippen LogP contribution in [0.15, 0.2) is 4.42 Å². The highest BCUT2D eigenvalue weighted by Gasteiger charge is 1.89. The highest BCUT2D eigenvalue weighted by Crippen LogP contribution is 1.56. The lowest BCUT2D eigenvalue weighted by atomic mass is 11.5. The van der Waals surface area contributed by atoms with Crippen LogP contribution in [-0.2, 0) is 0 Å². The molecule has 0 aliphatic rings. The van der Waals surface area contributed by atoms with Crippen LogP contribution >= 0.6 is 0 Å².